The van der Waals surface area contributed by atoms with E-state index in [-0.39, 0.29) is 0 Å². The van der Waals surface area contributed by atoms with Gasteiger partial charge < -0.3 is 4.90 Å². The first-order valence-electron chi connectivity index (χ1n) is 13.7. The highest BCUT2D eigenvalue weighted by Crippen LogP contribution is 2.39. The summed E-state index contributed by atoms with van der Waals surface area (Å²) in [5.41, 5.74) is 11.8. The molecule has 0 aromatic heterocycles. The molecular formula is C39H31N. The molecule has 40 heavy (non-hydrogen) atoms. The van der Waals surface area contributed by atoms with Crippen LogP contribution in [0.4, 0.5) is 17.1 Å². The fourth-order valence-electron chi connectivity index (χ4n) is 5.22. The second-order valence-corrected chi connectivity index (χ2v) is 9.90. The van der Waals surface area contributed by atoms with E-state index in [1.165, 1.54) is 39.0 Å². The zero-order valence-corrected chi connectivity index (χ0v) is 22.6. The van der Waals surface area contributed by atoms with E-state index in [0.29, 0.717) is 0 Å². The van der Waals surface area contributed by atoms with Gasteiger partial charge in [-0.1, -0.05) is 139 Å². The van der Waals surface area contributed by atoms with Crippen LogP contribution in [0.25, 0.3) is 11.1 Å². The van der Waals surface area contributed by atoms with Gasteiger partial charge in [-0.2, -0.15) is 0 Å². The van der Waals surface area contributed by atoms with Gasteiger partial charge in [0.2, 0.25) is 0 Å². The summed E-state index contributed by atoms with van der Waals surface area (Å²) in [7, 11) is 0. The van der Waals surface area contributed by atoms with Crippen molar-refractivity contribution in [3.63, 3.8) is 0 Å². The topological polar surface area (TPSA) is 3.24 Å². The Morgan fingerprint density at radius 2 is 0.625 bits per heavy atom. The molecule has 1 nitrogen and oxygen atoms in total. The van der Waals surface area contributed by atoms with Gasteiger partial charge in [0.25, 0.3) is 0 Å². The number of para-hydroxylation sites is 1. The Balaban J connectivity index is 1.54. The lowest BCUT2D eigenvalue weighted by Crippen LogP contribution is -2.09. The average molecular weight is 514 g/mol. The van der Waals surface area contributed by atoms with E-state index in [4.69, 9.17) is 0 Å². The van der Waals surface area contributed by atoms with E-state index < -0.39 is 0 Å². The summed E-state index contributed by atoms with van der Waals surface area (Å²) < 4.78 is 0. The third kappa shape index (κ3) is 5.36. The molecule has 0 bridgehead atoms. The summed E-state index contributed by atoms with van der Waals surface area (Å²) in [5.74, 6) is 0. The van der Waals surface area contributed by atoms with Crippen LogP contribution in [0.3, 0.4) is 0 Å². The van der Waals surface area contributed by atoms with Crippen LogP contribution in [-0.2, 0) is 0 Å². The lowest BCUT2D eigenvalue weighted by Gasteiger charge is -2.26. The lowest BCUT2D eigenvalue weighted by molar-refractivity contribution is 1.27. The van der Waals surface area contributed by atoms with Gasteiger partial charge in [-0.15, -0.1) is 0 Å². The molecule has 0 spiro atoms. The molecule has 0 saturated carbocycles. The molecule has 0 aliphatic carbocycles. The molecule has 0 radical (unpaired) electrons. The first-order valence-corrected chi connectivity index (χ1v) is 13.7. The van der Waals surface area contributed by atoms with Crippen molar-refractivity contribution in [1.82, 2.24) is 0 Å². The molecule has 0 atom stereocenters. The molecule has 0 heterocycles. The van der Waals surface area contributed by atoms with Gasteiger partial charge in [-0.05, 0) is 76.7 Å². The van der Waals surface area contributed by atoms with Crippen LogP contribution in [0.1, 0.15) is 27.8 Å². The molecule has 0 unspecified atom stereocenters. The van der Waals surface area contributed by atoms with Crippen molar-refractivity contribution in [2.24, 2.45) is 0 Å². The third-order valence-corrected chi connectivity index (χ3v) is 7.16. The molecule has 0 saturated heterocycles. The number of aryl methyl sites for hydroxylation is 1. The number of nitrogens with zero attached hydrogens (tertiary/aromatic N) is 1. The molecule has 6 aromatic rings. The van der Waals surface area contributed by atoms with Gasteiger partial charge in [0.05, 0.1) is 0 Å². The number of hydrogen-bond donors (Lipinski definition) is 0. The zero-order valence-electron chi connectivity index (χ0n) is 22.6. The van der Waals surface area contributed by atoms with E-state index in [1.807, 2.05) is 0 Å². The minimum atomic E-state index is 1.12. The van der Waals surface area contributed by atoms with Crippen LogP contribution in [0.2, 0.25) is 0 Å². The molecular weight excluding hydrogens is 482 g/mol. The van der Waals surface area contributed by atoms with Crippen molar-refractivity contribution in [2.75, 3.05) is 4.90 Å². The molecule has 6 aromatic carbocycles. The fraction of sp³-hybridized carbons (Fsp3) is 0.0256. The van der Waals surface area contributed by atoms with Gasteiger partial charge >= 0.3 is 0 Å². The minimum Gasteiger partial charge on any atom is -0.311 e. The Labute approximate surface area is 237 Å². The summed E-state index contributed by atoms with van der Waals surface area (Å²) >= 11 is 0. The Morgan fingerprint density at radius 3 is 1.02 bits per heavy atom. The maximum atomic E-state index is 2.31. The summed E-state index contributed by atoms with van der Waals surface area (Å²) in [6.07, 6.45) is 0. The number of rotatable bonds is 7. The Hall–Kier alpha value is -5.14. The van der Waals surface area contributed by atoms with Crippen molar-refractivity contribution in [1.29, 1.82) is 0 Å². The summed E-state index contributed by atoms with van der Waals surface area (Å²) in [6, 6.07) is 60.4. The average Bonchev–Trinajstić information content (AvgIpc) is 3.03. The molecule has 192 valence electrons. The van der Waals surface area contributed by atoms with Gasteiger partial charge in [0.1, 0.15) is 0 Å². The molecule has 0 N–H and O–H groups in total. The number of benzene rings is 6. The van der Waals surface area contributed by atoms with Crippen molar-refractivity contribution in [3.05, 3.63) is 198 Å². The van der Waals surface area contributed by atoms with Crippen LogP contribution in [0, 0.1) is 6.92 Å². The van der Waals surface area contributed by atoms with Crippen LogP contribution in [-0.4, -0.2) is 0 Å². The third-order valence-electron chi connectivity index (χ3n) is 7.16. The quantitative estimate of drug-likeness (QED) is 0.192. The van der Waals surface area contributed by atoms with Gasteiger partial charge in [0, 0.05) is 17.1 Å². The number of hydrogen-bond acceptors (Lipinski definition) is 1. The zero-order chi connectivity index (χ0) is 27.1. The van der Waals surface area contributed by atoms with E-state index >= 15 is 0 Å². The predicted molar refractivity (Wildman–Crippen MR) is 170 cm³/mol. The minimum absolute atomic E-state index is 1.12. The normalized spacial score (nSPS) is 10.6. The maximum absolute atomic E-state index is 2.31. The molecule has 0 aliphatic rings. The van der Waals surface area contributed by atoms with E-state index in [9.17, 15) is 0 Å². The van der Waals surface area contributed by atoms with E-state index in [1.54, 1.807) is 0 Å². The van der Waals surface area contributed by atoms with Gasteiger partial charge in [0.15, 0.2) is 0 Å². The molecule has 0 amide bonds. The van der Waals surface area contributed by atoms with Crippen molar-refractivity contribution < 1.29 is 0 Å². The van der Waals surface area contributed by atoms with Crippen molar-refractivity contribution in [3.8, 4) is 0 Å². The Bertz CT molecular complexity index is 1640. The predicted octanol–water partition coefficient (Wildman–Crippen LogP) is 10.5. The fourth-order valence-corrected chi connectivity index (χ4v) is 5.22. The lowest BCUT2D eigenvalue weighted by atomic mass is 9.86. The number of anilines is 3. The highest BCUT2D eigenvalue weighted by Gasteiger charge is 2.17. The van der Waals surface area contributed by atoms with Crippen LogP contribution in [0.5, 0.6) is 0 Å². The van der Waals surface area contributed by atoms with Crippen molar-refractivity contribution in [2.45, 2.75) is 6.92 Å². The van der Waals surface area contributed by atoms with Crippen LogP contribution in [0.15, 0.2) is 170 Å². The second-order valence-electron chi connectivity index (χ2n) is 9.90. The standard InChI is InChI=1S/C39H31N/c1-30-22-26-36(27-23-30)40(35-20-12-5-13-21-35)37-28-24-34(25-29-37)39(33-18-10-4-11-19-33)38(31-14-6-2-7-15-31)32-16-8-3-9-17-32/h2-29H,1H3. The van der Waals surface area contributed by atoms with Crippen LogP contribution >= 0.6 is 0 Å². The first kappa shape index (κ1) is 25.2. The molecule has 1 heteroatoms. The molecule has 0 fully saturated rings. The maximum Gasteiger partial charge on any atom is 0.0462 e. The van der Waals surface area contributed by atoms with E-state index in [0.717, 1.165) is 17.1 Å². The van der Waals surface area contributed by atoms with E-state index in [2.05, 4.69) is 182 Å². The highest BCUT2D eigenvalue weighted by molar-refractivity contribution is 6.04. The Kier molecular flexibility index (Phi) is 7.37. The molecule has 0 aliphatic heterocycles. The summed E-state index contributed by atoms with van der Waals surface area (Å²) in [5, 5.41) is 0. The van der Waals surface area contributed by atoms with Gasteiger partial charge in [-0.3, -0.25) is 0 Å². The largest absolute Gasteiger partial charge is 0.311 e. The Morgan fingerprint density at radius 1 is 0.325 bits per heavy atom. The SMILES string of the molecule is Cc1ccc(N(c2ccccc2)c2ccc(C(=C(c3ccccc3)c3ccccc3)c3ccccc3)cc2)cc1. The highest BCUT2D eigenvalue weighted by atomic mass is 15.1. The molecule has 6 rings (SSSR count). The summed E-state index contributed by atoms with van der Waals surface area (Å²) in [4.78, 5) is 2.31. The second kappa shape index (κ2) is 11.7. The van der Waals surface area contributed by atoms with Crippen LogP contribution < -0.4 is 4.90 Å². The first-order chi connectivity index (χ1) is 19.8. The van der Waals surface area contributed by atoms with Crippen molar-refractivity contribution >= 4 is 28.2 Å². The van der Waals surface area contributed by atoms with Gasteiger partial charge in [-0.25, -0.2) is 0 Å². The smallest absolute Gasteiger partial charge is 0.0462 e. The summed E-state index contributed by atoms with van der Waals surface area (Å²) in [6.45, 7) is 2.12. The monoisotopic (exact) mass is 513 g/mol.